The molecule has 0 aliphatic heterocycles. The first-order chi connectivity index (χ1) is 6.70. The minimum absolute atomic E-state index is 0.0255. The van der Waals surface area contributed by atoms with Crippen molar-refractivity contribution in [1.82, 2.24) is 0 Å². The molecule has 0 amide bonds. The summed E-state index contributed by atoms with van der Waals surface area (Å²) in [5.74, 6) is -2.18. The average Bonchev–Trinajstić information content (AvgIpc) is 2.35. The number of halogens is 2. The van der Waals surface area contributed by atoms with Crippen molar-refractivity contribution in [2.75, 3.05) is 0 Å². The third kappa shape index (κ3) is 1.43. The van der Waals surface area contributed by atoms with Crippen molar-refractivity contribution >= 4 is 5.78 Å². The highest BCUT2D eigenvalue weighted by molar-refractivity contribution is 5.98. The summed E-state index contributed by atoms with van der Waals surface area (Å²) in [5, 5.41) is 0. The van der Waals surface area contributed by atoms with Crippen LogP contribution in [0.5, 0.6) is 0 Å². The Labute approximate surface area is 80.7 Å². The number of benzene rings is 1. The van der Waals surface area contributed by atoms with Gasteiger partial charge in [0.1, 0.15) is 0 Å². The Kier molecular flexibility index (Phi) is 2.32. The number of Topliss-reactive ketones (excluding diaryl/α,β-unsaturated/α-hetero) is 1. The molecule has 1 aromatic carbocycles. The van der Waals surface area contributed by atoms with E-state index in [0.717, 1.165) is 18.9 Å². The van der Waals surface area contributed by atoms with Crippen LogP contribution < -0.4 is 0 Å². The molecule has 74 valence electrons. The molecule has 0 radical (unpaired) electrons. The number of ketones is 1. The maximum Gasteiger partial charge on any atom is 0.169 e. The van der Waals surface area contributed by atoms with Gasteiger partial charge in [-0.05, 0) is 30.9 Å². The lowest BCUT2D eigenvalue weighted by atomic mass is 10.0. The van der Waals surface area contributed by atoms with E-state index in [1.54, 1.807) is 0 Å². The number of aryl methyl sites for hydroxylation is 1. The zero-order chi connectivity index (χ0) is 10.1. The summed E-state index contributed by atoms with van der Waals surface area (Å²) in [7, 11) is 0. The van der Waals surface area contributed by atoms with Crippen molar-refractivity contribution in [3.63, 3.8) is 0 Å². The lowest BCUT2D eigenvalue weighted by Gasteiger charge is -2.05. The van der Waals surface area contributed by atoms with Gasteiger partial charge in [0.2, 0.25) is 0 Å². The van der Waals surface area contributed by atoms with E-state index in [-0.39, 0.29) is 11.3 Å². The normalized spacial score (nSPS) is 16.3. The van der Waals surface area contributed by atoms with E-state index in [2.05, 4.69) is 0 Å². The third-order valence-electron chi connectivity index (χ3n) is 2.56. The van der Waals surface area contributed by atoms with Gasteiger partial charge >= 0.3 is 0 Å². The van der Waals surface area contributed by atoms with Crippen LogP contribution in [-0.4, -0.2) is 5.78 Å². The van der Waals surface area contributed by atoms with E-state index in [1.165, 1.54) is 6.07 Å². The third-order valence-corrected chi connectivity index (χ3v) is 2.56. The van der Waals surface area contributed by atoms with Gasteiger partial charge in [-0.15, -0.1) is 0 Å². The van der Waals surface area contributed by atoms with E-state index < -0.39 is 11.6 Å². The lowest BCUT2D eigenvalue weighted by Crippen LogP contribution is -2.05. The van der Waals surface area contributed by atoms with Gasteiger partial charge in [0.15, 0.2) is 17.4 Å². The van der Waals surface area contributed by atoms with Crippen molar-refractivity contribution in [2.45, 2.75) is 25.7 Å². The molecule has 0 spiro atoms. The Morgan fingerprint density at radius 3 is 2.57 bits per heavy atom. The number of rotatable bonds is 0. The monoisotopic (exact) mass is 196 g/mol. The molecular weight excluding hydrogens is 186 g/mol. The number of hydrogen-bond donors (Lipinski definition) is 0. The highest BCUT2D eigenvalue weighted by Gasteiger charge is 2.21. The van der Waals surface area contributed by atoms with Gasteiger partial charge in [0.05, 0.1) is 5.56 Å². The molecule has 0 saturated heterocycles. The second-order valence-electron chi connectivity index (χ2n) is 3.53. The van der Waals surface area contributed by atoms with E-state index in [0.29, 0.717) is 18.4 Å². The van der Waals surface area contributed by atoms with Crippen molar-refractivity contribution in [1.29, 1.82) is 0 Å². The maximum absolute atomic E-state index is 13.3. The van der Waals surface area contributed by atoms with Gasteiger partial charge < -0.3 is 0 Å². The SMILES string of the molecule is O=C1CCCCc2ccc(F)c(F)c21. The van der Waals surface area contributed by atoms with Crippen molar-refractivity contribution in [3.05, 3.63) is 34.9 Å². The molecule has 0 unspecified atom stereocenters. The fourth-order valence-corrected chi connectivity index (χ4v) is 1.83. The predicted molar refractivity (Wildman–Crippen MR) is 48.2 cm³/mol. The Bertz CT molecular complexity index is 385. The molecule has 1 aliphatic rings. The standard InChI is InChI=1S/C11H10F2O/c12-8-6-5-7-3-1-2-4-9(14)10(7)11(8)13/h5-6H,1-4H2. The first kappa shape index (κ1) is 9.31. The molecule has 1 nitrogen and oxygen atoms in total. The topological polar surface area (TPSA) is 17.1 Å². The molecule has 0 atom stereocenters. The Balaban J connectivity index is 2.60. The van der Waals surface area contributed by atoms with Crippen LogP contribution in [0.4, 0.5) is 8.78 Å². The fraction of sp³-hybridized carbons (Fsp3) is 0.364. The van der Waals surface area contributed by atoms with E-state index in [9.17, 15) is 13.6 Å². The molecule has 0 saturated carbocycles. The number of carbonyl (C=O) groups is 1. The molecule has 1 aliphatic carbocycles. The van der Waals surface area contributed by atoms with E-state index >= 15 is 0 Å². The summed E-state index contributed by atoms with van der Waals surface area (Å²) < 4.78 is 26.2. The van der Waals surface area contributed by atoms with E-state index in [4.69, 9.17) is 0 Å². The van der Waals surface area contributed by atoms with E-state index in [1.807, 2.05) is 0 Å². The van der Waals surface area contributed by atoms with Crippen LogP contribution in [0.25, 0.3) is 0 Å². The number of fused-ring (bicyclic) bond motifs is 1. The summed E-state index contributed by atoms with van der Waals surface area (Å²) >= 11 is 0. The second kappa shape index (κ2) is 3.48. The molecular formula is C11H10F2O. The van der Waals surface area contributed by atoms with Gasteiger partial charge in [-0.3, -0.25) is 4.79 Å². The van der Waals surface area contributed by atoms with Crippen molar-refractivity contribution in [3.8, 4) is 0 Å². The zero-order valence-corrected chi connectivity index (χ0v) is 7.65. The molecule has 1 aromatic rings. The lowest BCUT2D eigenvalue weighted by molar-refractivity contribution is 0.0977. The predicted octanol–water partition coefficient (Wildman–Crippen LogP) is 2.87. The second-order valence-corrected chi connectivity index (χ2v) is 3.53. The minimum atomic E-state index is -0.977. The molecule has 3 heteroatoms. The summed E-state index contributed by atoms with van der Waals surface area (Å²) in [6.07, 6.45) is 2.62. The summed E-state index contributed by atoms with van der Waals surface area (Å²) in [6.45, 7) is 0. The van der Waals surface area contributed by atoms with Gasteiger partial charge in [-0.25, -0.2) is 8.78 Å². The summed E-state index contributed by atoms with van der Waals surface area (Å²) in [6, 6.07) is 2.60. The Morgan fingerprint density at radius 1 is 1.07 bits per heavy atom. The summed E-state index contributed by atoms with van der Waals surface area (Å²) in [4.78, 5) is 11.5. The Hall–Kier alpha value is -1.25. The van der Waals surface area contributed by atoms with Gasteiger partial charge in [-0.1, -0.05) is 6.07 Å². The smallest absolute Gasteiger partial charge is 0.169 e. The minimum Gasteiger partial charge on any atom is -0.294 e. The quantitative estimate of drug-likeness (QED) is 0.583. The van der Waals surface area contributed by atoms with Gasteiger partial charge in [0, 0.05) is 6.42 Å². The Morgan fingerprint density at radius 2 is 1.79 bits per heavy atom. The van der Waals surface area contributed by atoms with Crippen LogP contribution >= 0.6 is 0 Å². The van der Waals surface area contributed by atoms with Crippen LogP contribution in [-0.2, 0) is 6.42 Å². The number of hydrogen-bond acceptors (Lipinski definition) is 1. The molecule has 0 fully saturated rings. The first-order valence-electron chi connectivity index (χ1n) is 4.70. The molecule has 0 bridgehead atoms. The van der Waals surface area contributed by atoms with Crippen LogP contribution in [0.2, 0.25) is 0 Å². The van der Waals surface area contributed by atoms with Crippen LogP contribution in [0.1, 0.15) is 35.2 Å². The van der Waals surface area contributed by atoms with Crippen LogP contribution in [0.15, 0.2) is 12.1 Å². The molecule has 14 heavy (non-hydrogen) atoms. The van der Waals surface area contributed by atoms with Crippen molar-refractivity contribution < 1.29 is 13.6 Å². The molecule has 0 N–H and O–H groups in total. The van der Waals surface area contributed by atoms with Crippen molar-refractivity contribution in [2.24, 2.45) is 0 Å². The average molecular weight is 196 g/mol. The molecule has 0 aromatic heterocycles. The zero-order valence-electron chi connectivity index (χ0n) is 7.65. The number of carbonyl (C=O) groups excluding carboxylic acids is 1. The first-order valence-corrected chi connectivity index (χ1v) is 4.70. The molecule has 2 rings (SSSR count). The highest BCUT2D eigenvalue weighted by atomic mass is 19.2. The largest absolute Gasteiger partial charge is 0.294 e. The fourth-order valence-electron chi connectivity index (χ4n) is 1.83. The highest BCUT2D eigenvalue weighted by Crippen LogP contribution is 2.24. The summed E-state index contributed by atoms with van der Waals surface area (Å²) in [5.41, 5.74) is 0.619. The molecule has 0 heterocycles. The van der Waals surface area contributed by atoms with Gasteiger partial charge in [0.25, 0.3) is 0 Å². The van der Waals surface area contributed by atoms with Crippen LogP contribution in [0, 0.1) is 11.6 Å². The van der Waals surface area contributed by atoms with Gasteiger partial charge in [-0.2, -0.15) is 0 Å². The maximum atomic E-state index is 13.3. The van der Waals surface area contributed by atoms with Crippen LogP contribution in [0.3, 0.4) is 0 Å².